The van der Waals surface area contributed by atoms with Gasteiger partial charge in [0.25, 0.3) is 0 Å². The van der Waals surface area contributed by atoms with Gasteiger partial charge in [-0.3, -0.25) is 4.90 Å². The molecular weight excluding hydrogens is 274 g/mol. The molecule has 2 amide bonds. The predicted molar refractivity (Wildman–Crippen MR) is 90.3 cm³/mol. The largest absolute Gasteiger partial charge is 0.334 e. The van der Waals surface area contributed by atoms with Crippen molar-refractivity contribution in [3.8, 4) is 0 Å². The monoisotopic (exact) mass is 301 g/mol. The molecule has 1 N–H and O–H groups in total. The van der Waals surface area contributed by atoms with Crippen LogP contribution in [0.4, 0.5) is 10.5 Å². The number of hydrogen-bond donors (Lipinski definition) is 1. The van der Waals surface area contributed by atoms with Gasteiger partial charge in [-0.05, 0) is 50.3 Å². The lowest BCUT2D eigenvalue weighted by molar-refractivity contribution is 0.170. The molecular formula is C18H27N3O. The van der Waals surface area contributed by atoms with E-state index in [1.807, 2.05) is 23.1 Å². The third-order valence-electron chi connectivity index (χ3n) is 4.78. The number of rotatable bonds is 3. The van der Waals surface area contributed by atoms with Crippen LogP contribution in [0.1, 0.15) is 32.3 Å². The van der Waals surface area contributed by atoms with Crippen molar-refractivity contribution in [1.82, 2.24) is 10.2 Å². The summed E-state index contributed by atoms with van der Waals surface area (Å²) in [7, 11) is 0. The number of para-hydroxylation sites is 1. The maximum absolute atomic E-state index is 12.5. The molecule has 0 radical (unpaired) electrons. The SMILES string of the molecule is C[C@@H]1CCCN(C[C@@H](C)NC(=O)N2CCc3ccccc32)C1. The molecule has 0 unspecified atom stereocenters. The second-order valence-electron chi connectivity index (χ2n) is 6.89. The molecule has 1 aromatic carbocycles. The summed E-state index contributed by atoms with van der Waals surface area (Å²) in [6, 6.07) is 8.43. The van der Waals surface area contributed by atoms with Crippen molar-refractivity contribution >= 4 is 11.7 Å². The minimum absolute atomic E-state index is 0.0440. The molecule has 0 aliphatic carbocycles. The van der Waals surface area contributed by atoms with Crippen molar-refractivity contribution in [2.75, 3.05) is 31.1 Å². The summed E-state index contributed by atoms with van der Waals surface area (Å²) in [4.78, 5) is 16.9. The molecule has 120 valence electrons. The lowest BCUT2D eigenvalue weighted by Gasteiger charge is -2.33. The van der Waals surface area contributed by atoms with Gasteiger partial charge in [-0.1, -0.05) is 25.1 Å². The van der Waals surface area contributed by atoms with E-state index in [1.165, 1.54) is 18.4 Å². The van der Waals surface area contributed by atoms with Crippen LogP contribution >= 0.6 is 0 Å². The number of carbonyl (C=O) groups excluding carboxylic acids is 1. The number of nitrogens with one attached hydrogen (secondary N) is 1. The topological polar surface area (TPSA) is 35.6 Å². The molecule has 2 heterocycles. The van der Waals surface area contributed by atoms with Crippen LogP contribution in [0.3, 0.4) is 0 Å². The molecule has 22 heavy (non-hydrogen) atoms. The van der Waals surface area contributed by atoms with Gasteiger partial charge in [0.15, 0.2) is 0 Å². The second kappa shape index (κ2) is 6.69. The summed E-state index contributed by atoms with van der Waals surface area (Å²) in [5.41, 5.74) is 2.34. The number of nitrogens with zero attached hydrogens (tertiary/aromatic N) is 2. The maximum Gasteiger partial charge on any atom is 0.322 e. The molecule has 1 fully saturated rings. The predicted octanol–water partition coefficient (Wildman–Crippen LogP) is 2.88. The van der Waals surface area contributed by atoms with Gasteiger partial charge in [0, 0.05) is 31.4 Å². The highest BCUT2D eigenvalue weighted by molar-refractivity contribution is 5.94. The number of carbonyl (C=O) groups is 1. The summed E-state index contributed by atoms with van der Waals surface area (Å²) in [6.07, 6.45) is 3.57. The van der Waals surface area contributed by atoms with Crippen LogP contribution in [0.5, 0.6) is 0 Å². The van der Waals surface area contributed by atoms with E-state index in [2.05, 4.69) is 30.1 Å². The average molecular weight is 301 g/mol. The maximum atomic E-state index is 12.5. The van der Waals surface area contributed by atoms with Crippen LogP contribution in [-0.2, 0) is 6.42 Å². The number of likely N-dealkylation sites (tertiary alicyclic amines) is 1. The first-order valence-electron chi connectivity index (χ1n) is 8.52. The molecule has 3 rings (SSSR count). The van der Waals surface area contributed by atoms with Crippen molar-refractivity contribution < 1.29 is 4.79 Å². The van der Waals surface area contributed by atoms with Crippen LogP contribution in [0.25, 0.3) is 0 Å². The number of urea groups is 1. The Labute approximate surface area is 133 Å². The van der Waals surface area contributed by atoms with Gasteiger partial charge in [0.1, 0.15) is 0 Å². The van der Waals surface area contributed by atoms with E-state index >= 15 is 0 Å². The molecule has 1 aromatic rings. The van der Waals surface area contributed by atoms with Crippen molar-refractivity contribution in [2.45, 2.75) is 39.2 Å². The number of benzene rings is 1. The highest BCUT2D eigenvalue weighted by Gasteiger charge is 2.25. The summed E-state index contributed by atoms with van der Waals surface area (Å²) in [5, 5.41) is 3.17. The Morgan fingerprint density at radius 1 is 1.36 bits per heavy atom. The molecule has 0 spiro atoms. The Bertz CT molecular complexity index is 531. The van der Waals surface area contributed by atoms with Crippen LogP contribution < -0.4 is 10.2 Å². The highest BCUT2D eigenvalue weighted by atomic mass is 16.2. The molecule has 1 saturated heterocycles. The summed E-state index contributed by atoms with van der Waals surface area (Å²) in [6.45, 7) is 8.49. The van der Waals surface area contributed by atoms with Gasteiger partial charge in [0.05, 0.1) is 0 Å². The summed E-state index contributed by atoms with van der Waals surface area (Å²) < 4.78 is 0. The lowest BCUT2D eigenvalue weighted by atomic mass is 10.00. The molecule has 2 aliphatic heterocycles. The van der Waals surface area contributed by atoms with Crippen LogP contribution in [0.15, 0.2) is 24.3 Å². The van der Waals surface area contributed by atoms with Gasteiger partial charge in [0.2, 0.25) is 0 Å². The zero-order valence-electron chi connectivity index (χ0n) is 13.7. The first-order valence-corrected chi connectivity index (χ1v) is 8.52. The number of hydrogen-bond acceptors (Lipinski definition) is 2. The Morgan fingerprint density at radius 2 is 2.18 bits per heavy atom. The third-order valence-corrected chi connectivity index (χ3v) is 4.78. The van der Waals surface area contributed by atoms with E-state index in [0.29, 0.717) is 0 Å². The average Bonchev–Trinajstić information content (AvgIpc) is 2.91. The third kappa shape index (κ3) is 3.43. The van der Waals surface area contributed by atoms with Crippen molar-refractivity contribution in [1.29, 1.82) is 0 Å². The summed E-state index contributed by atoms with van der Waals surface area (Å²) in [5.74, 6) is 0.780. The fourth-order valence-corrected chi connectivity index (χ4v) is 3.72. The molecule has 4 heteroatoms. The minimum atomic E-state index is 0.0440. The van der Waals surface area contributed by atoms with E-state index in [9.17, 15) is 4.79 Å². The Morgan fingerprint density at radius 3 is 3.00 bits per heavy atom. The lowest BCUT2D eigenvalue weighted by Crippen LogP contribution is -2.49. The van der Waals surface area contributed by atoms with Crippen LogP contribution in [0, 0.1) is 5.92 Å². The standard InChI is InChI=1S/C18H27N3O/c1-14-6-5-10-20(12-14)13-15(2)19-18(22)21-11-9-16-7-3-4-8-17(16)21/h3-4,7-8,14-15H,5-6,9-13H2,1-2H3,(H,19,22)/t14-,15-/m1/s1. The van der Waals surface area contributed by atoms with Gasteiger partial charge in [-0.2, -0.15) is 0 Å². The van der Waals surface area contributed by atoms with E-state index in [4.69, 9.17) is 0 Å². The Kier molecular flexibility index (Phi) is 4.67. The molecule has 2 aliphatic rings. The van der Waals surface area contributed by atoms with Crippen molar-refractivity contribution in [3.05, 3.63) is 29.8 Å². The van der Waals surface area contributed by atoms with E-state index in [-0.39, 0.29) is 12.1 Å². The Hall–Kier alpha value is -1.55. The molecule has 4 nitrogen and oxygen atoms in total. The second-order valence-corrected chi connectivity index (χ2v) is 6.89. The fourth-order valence-electron chi connectivity index (χ4n) is 3.72. The first-order chi connectivity index (χ1) is 10.6. The zero-order valence-corrected chi connectivity index (χ0v) is 13.7. The minimum Gasteiger partial charge on any atom is -0.334 e. The molecule has 0 aromatic heterocycles. The molecule has 0 saturated carbocycles. The van der Waals surface area contributed by atoms with Crippen LogP contribution in [0.2, 0.25) is 0 Å². The fraction of sp³-hybridized carbons (Fsp3) is 0.611. The number of fused-ring (bicyclic) bond motifs is 1. The molecule has 0 bridgehead atoms. The molecule has 2 atom stereocenters. The number of anilines is 1. The quantitative estimate of drug-likeness (QED) is 0.932. The van der Waals surface area contributed by atoms with Gasteiger partial charge in [-0.25, -0.2) is 4.79 Å². The van der Waals surface area contributed by atoms with Gasteiger partial charge in [-0.15, -0.1) is 0 Å². The van der Waals surface area contributed by atoms with E-state index in [0.717, 1.165) is 44.2 Å². The summed E-state index contributed by atoms with van der Waals surface area (Å²) >= 11 is 0. The normalized spacial score (nSPS) is 23.2. The smallest absolute Gasteiger partial charge is 0.322 e. The van der Waals surface area contributed by atoms with Gasteiger partial charge >= 0.3 is 6.03 Å². The Balaban J connectivity index is 1.53. The number of piperidine rings is 1. The van der Waals surface area contributed by atoms with Crippen molar-refractivity contribution in [3.63, 3.8) is 0 Å². The van der Waals surface area contributed by atoms with Crippen LogP contribution in [-0.4, -0.2) is 43.2 Å². The highest BCUT2D eigenvalue weighted by Crippen LogP contribution is 2.27. The first kappa shape index (κ1) is 15.3. The zero-order chi connectivity index (χ0) is 15.5. The number of amides is 2. The van der Waals surface area contributed by atoms with Gasteiger partial charge < -0.3 is 10.2 Å². The van der Waals surface area contributed by atoms with Crippen molar-refractivity contribution in [2.24, 2.45) is 5.92 Å². The van der Waals surface area contributed by atoms with E-state index < -0.39 is 0 Å². The van der Waals surface area contributed by atoms with E-state index in [1.54, 1.807) is 0 Å².